The molecule has 156 valence electrons. The van der Waals surface area contributed by atoms with E-state index in [1.807, 2.05) is 12.1 Å². The van der Waals surface area contributed by atoms with Crippen molar-refractivity contribution in [1.82, 2.24) is 5.32 Å². The summed E-state index contributed by atoms with van der Waals surface area (Å²) in [6.45, 7) is 0.295. The third kappa shape index (κ3) is 3.96. The van der Waals surface area contributed by atoms with Gasteiger partial charge in [0.1, 0.15) is 35.4 Å². The largest absolute Gasteiger partial charge is 0.486 e. The number of thiocarbonyl (C=S) groups is 1. The highest BCUT2D eigenvalue weighted by Crippen LogP contribution is 2.27. The molecule has 2 aromatic carbocycles. The molecule has 0 spiro atoms. The summed E-state index contributed by atoms with van der Waals surface area (Å²) < 4.78 is 24.8. The van der Waals surface area contributed by atoms with Crippen molar-refractivity contribution in [2.75, 3.05) is 4.90 Å². The Morgan fingerprint density at radius 1 is 1.10 bits per heavy atom. The van der Waals surface area contributed by atoms with E-state index in [9.17, 15) is 9.18 Å². The molecular weight excluding hydrogens is 415 g/mol. The third-order valence-electron chi connectivity index (χ3n) is 5.38. The van der Waals surface area contributed by atoms with Crippen molar-refractivity contribution in [3.8, 4) is 5.75 Å². The van der Waals surface area contributed by atoms with Crippen LogP contribution in [0.25, 0.3) is 6.08 Å². The molecule has 1 saturated heterocycles. The number of amides is 1. The number of rotatable bonds is 5. The van der Waals surface area contributed by atoms with Gasteiger partial charge in [0.2, 0.25) is 0 Å². The van der Waals surface area contributed by atoms with E-state index in [1.165, 1.54) is 46.7 Å². The van der Waals surface area contributed by atoms with Gasteiger partial charge < -0.3 is 14.5 Å². The predicted molar refractivity (Wildman–Crippen MR) is 119 cm³/mol. The lowest BCUT2D eigenvalue weighted by atomic mass is 10.1. The Morgan fingerprint density at radius 3 is 2.74 bits per heavy atom. The van der Waals surface area contributed by atoms with Crippen LogP contribution in [-0.4, -0.2) is 11.0 Å². The van der Waals surface area contributed by atoms with Gasteiger partial charge in [-0.25, -0.2) is 4.39 Å². The van der Waals surface area contributed by atoms with E-state index in [2.05, 4.69) is 17.4 Å². The van der Waals surface area contributed by atoms with Crippen molar-refractivity contribution < 1.29 is 18.3 Å². The van der Waals surface area contributed by atoms with E-state index >= 15 is 0 Å². The number of fused-ring (bicyclic) bond motifs is 1. The Morgan fingerprint density at radius 2 is 1.90 bits per heavy atom. The molecule has 1 aromatic heterocycles. The second-order valence-electron chi connectivity index (χ2n) is 7.48. The normalized spacial score (nSPS) is 16.7. The monoisotopic (exact) mass is 434 g/mol. The molecule has 0 unspecified atom stereocenters. The van der Waals surface area contributed by atoms with Crippen molar-refractivity contribution >= 4 is 35.0 Å². The second-order valence-corrected chi connectivity index (χ2v) is 7.87. The fraction of sp³-hybridized carbons (Fsp3) is 0.167. The summed E-state index contributed by atoms with van der Waals surface area (Å²) in [5, 5.41) is 3.12. The third-order valence-corrected chi connectivity index (χ3v) is 5.67. The van der Waals surface area contributed by atoms with E-state index in [-0.39, 0.29) is 22.5 Å². The number of hydrogen-bond acceptors (Lipinski definition) is 4. The molecule has 31 heavy (non-hydrogen) atoms. The van der Waals surface area contributed by atoms with Gasteiger partial charge in [-0.3, -0.25) is 9.69 Å². The zero-order valence-corrected chi connectivity index (χ0v) is 17.4. The number of halogens is 1. The topological polar surface area (TPSA) is 54.7 Å². The molecule has 0 bridgehead atoms. The Balaban J connectivity index is 1.27. The summed E-state index contributed by atoms with van der Waals surface area (Å²) >= 11 is 5.27. The van der Waals surface area contributed by atoms with E-state index in [0.717, 1.165) is 18.6 Å². The van der Waals surface area contributed by atoms with E-state index in [0.29, 0.717) is 23.8 Å². The van der Waals surface area contributed by atoms with Gasteiger partial charge in [0.25, 0.3) is 5.91 Å². The predicted octanol–water partition coefficient (Wildman–Crippen LogP) is 4.75. The highest BCUT2D eigenvalue weighted by molar-refractivity contribution is 7.80. The summed E-state index contributed by atoms with van der Waals surface area (Å²) in [5.74, 6) is 1.27. The van der Waals surface area contributed by atoms with Crippen molar-refractivity contribution in [2.45, 2.75) is 25.9 Å². The van der Waals surface area contributed by atoms with Gasteiger partial charge in [0, 0.05) is 6.08 Å². The molecule has 2 heterocycles. The zero-order chi connectivity index (χ0) is 21.4. The first-order chi connectivity index (χ1) is 15.1. The molecular formula is C24H19FN2O3S. The highest BCUT2D eigenvalue weighted by Gasteiger charge is 2.32. The van der Waals surface area contributed by atoms with Gasteiger partial charge in [0.05, 0.1) is 5.69 Å². The summed E-state index contributed by atoms with van der Waals surface area (Å²) in [6.07, 6.45) is 5.03. The molecule has 0 saturated carbocycles. The number of hydrogen-bond donors (Lipinski definition) is 1. The molecule has 5 nitrogen and oxygen atoms in total. The number of anilines is 1. The van der Waals surface area contributed by atoms with Crippen LogP contribution in [0.15, 0.2) is 64.7 Å². The molecule has 7 heteroatoms. The quantitative estimate of drug-likeness (QED) is 0.464. The first-order valence-electron chi connectivity index (χ1n) is 10.0. The lowest BCUT2D eigenvalue weighted by Crippen LogP contribution is -2.30. The summed E-state index contributed by atoms with van der Waals surface area (Å²) in [5.41, 5.74) is 3.54. The van der Waals surface area contributed by atoms with Crippen LogP contribution in [0.3, 0.4) is 0 Å². The van der Waals surface area contributed by atoms with E-state index in [1.54, 1.807) is 12.1 Å². The van der Waals surface area contributed by atoms with Gasteiger partial charge in [-0.1, -0.05) is 6.07 Å². The number of carbonyl (C=O) groups excluding carboxylic acids is 1. The van der Waals surface area contributed by atoms with Crippen LogP contribution in [0.2, 0.25) is 0 Å². The van der Waals surface area contributed by atoms with Gasteiger partial charge in [-0.05, 0) is 91.1 Å². The van der Waals surface area contributed by atoms with Crippen molar-refractivity contribution in [2.24, 2.45) is 0 Å². The smallest absolute Gasteiger partial charge is 0.281 e. The fourth-order valence-corrected chi connectivity index (χ4v) is 4.14. The van der Waals surface area contributed by atoms with Gasteiger partial charge >= 0.3 is 0 Å². The number of nitrogens with one attached hydrogen (secondary N) is 1. The molecule has 1 amide bonds. The first kappa shape index (κ1) is 19.5. The lowest BCUT2D eigenvalue weighted by Gasteiger charge is -2.13. The van der Waals surface area contributed by atoms with Gasteiger partial charge in [-0.2, -0.15) is 0 Å². The minimum Gasteiger partial charge on any atom is -0.486 e. The standard InChI is InChI=1S/C24H19FN2O3S/c25-17-5-7-18(8-6-17)27-23(28)22(26-24(27)31)13-20-10-11-21(30-20)14-29-19-9-4-15-2-1-3-16(15)12-19/h4-13H,1-3,14H2,(H,26,31)/b22-13+. The summed E-state index contributed by atoms with van der Waals surface area (Å²) in [4.78, 5) is 14.1. The average Bonchev–Trinajstić information content (AvgIpc) is 3.47. The van der Waals surface area contributed by atoms with Crippen LogP contribution in [0.4, 0.5) is 10.1 Å². The number of furan rings is 1. The minimum atomic E-state index is -0.379. The van der Waals surface area contributed by atoms with Crippen molar-refractivity contribution in [3.05, 3.63) is 88.8 Å². The number of aryl methyl sites for hydroxylation is 2. The number of benzene rings is 2. The maximum Gasteiger partial charge on any atom is 0.281 e. The maximum atomic E-state index is 13.2. The molecule has 1 fully saturated rings. The van der Waals surface area contributed by atoms with Crippen molar-refractivity contribution in [3.63, 3.8) is 0 Å². The van der Waals surface area contributed by atoms with Crippen molar-refractivity contribution in [1.29, 1.82) is 0 Å². The molecule has 2 aliphatic rings. The van der Waals surface area contributed by atoms with Crippen LogP contribution >= 0.6 is 12.2 Å². The Kier molecular flexibility index (Phi) is 5.03. The molecule has 1 aliphatic heterocycles. The maximum absolute atomic E-state index is 13.2. The molecule has 0 atom stereocenters. The summed E-state index contributed by atoms with van der Waals surface area (Å²) in [7, 11) is 0. The van der Waals surface area contributed by atoms with E-state index in [4.69, 9.17) is 21.4 Å². The Hall–Kier alpha value is -3.45. The van der Waals surface area contributed by atoms with E-state index < -0.39 is 0 Å². The first-order valence-corrected chi connectivity index (χ1v) is 10.4. The highest BCUT2D eigenvalue weighted by atomic mass is 32.1. The Labute approximate surface area is 184 Å². The van der Waals surface area contributed by atoms with Gasteiger partial charge in [-0.15, -0.1) is 0 Å². The molecule has 3 aromatic rings. The van der Waals surface area contributed by atoms with Gasteiger partial charge in [0.15, 0.2) is 5.11 Å². The van der Waals surface area contributed by atoms with Crippen LogP contribution in [0.5, 0.6) is 5.75 Å². The number of carbonyl (C=O) groups is 1. The molecule has 5 rings (SSSR count). The number of nitrogens with zero attached hydrogens (tertiary/aromatic N) is 1. The molecule has 1 N–H and O–H groups in total. The van der Waals surface area contributed by atoms with Crippen LogP contribution in [-0.2, 0) is 24.2 Å². The van der Waals surface area contributed by atoms with Crippen LogP contribution in [0, 0.1) is 5.82 Å². The zero-order valence-electron chi connectivity index (χ0n) is 16.6. The number of ether oxygens (including phenoxy) is 1. The summed E-state index contributed by atoms with van der Waals surface area (Å²) in [6, 6.07) is 15.4. The lowest BCUT2D eigenvalue weighted by molar-refractivity contribution is -0.113. The average molecular weight is 434 g/mol. The SMILES string of the molecule is O=C1/C(=C\c2ccc(COc3ccc4c(c3)CCC4)o2)NC(=S)N1c1ccc(F)cc1. The second kappa shape index (κ2) is 8.00. The van der Waals surface area contributed by atoms with Crippen LogP contribution < -0.4 is 15.0 Å². The minimum absolute atomic E-state index is 0.231. The fourth-order valence-electron chi connectivity index (χ4n) is 3.84. The molecule has 1 aliphatic carbocycles. The van der Waals surface area contributed by atoms with Crippen LogP contribution in [0.1, 0.15) is 29.1 Å². The Bertz CT molecular complexity index is 1200. The molecule has 0 radical (unpaired) electrons.